The van der Waals surface area contributed by atoms with Gasteiger partial charge >= 0.3 is 0 Å². The zero-order valence-electron chi connectivity index (χ0n) is 8.29. The van der Waals surface area contributed by atoms with Crippen LogP contribution in [0.15, 0.2) is 30.9 Å². The lowest BCUT2D eigenvalue weighted by Crippen LogP contribution is -2.05. The molecule has 0 N–H and O–H groups in total. The van der Waals surface area contributed by atoms with E-state index in [1.165, 1.54) is 6.20 Å². The van der Waals surface area contributed by atoms with Crippen LogP contribution in [0.5, 0.6) is 0 Å². The predicted octanol–water partition coefficient (Wildman–Crippen LogP) is 0.924. The van der Waals surface area contributed by atoms with E-state index in [4.69, 9.17) is 0 Å². The minimum absolute atomic E-state index is 0.199. The molecule has 0 saturated carbocycles. The first-order valence-electron chi connectivity index (χ1n) is 4.65. The highest BCUT2D eigenvalue weighted by atomic mass is 16.1. The second-order valence-corrected chi connectivity index (χ2v) is 2.99. The van der Waals surface area contributed by atoms with Crippen molar-refractivity contribution in [2.45, 2.75) is 13.5 Å². The summed E-state index contributed by atoms with van der Waals surface area (Å²) in [7, 11) is 0. The van der Waals surface area contributed by atoms with Gasteiger partial charge in [-0.1, -0.05) is 0 Å². The van der Waals surface area contributed by atoms with Crippen molar-refractivity contribution in [3.8, 4) is 0 Å². The van der Waals surface area contributed by atoms with Crippen LogP contribution in [0.3, 0.4) is 0 Å². The number of aryl methyl sites for hydroxylation is 1. The minimum Gasteiger partial charge on any atom is -0.285 e. The van der Waals surface area contributed by atoms with Crippen LogP contribution in [-0.4, -0.2) is 25.5 Å². The van der Waals surface area contributed by atoms with E-state index in [9.17, 15) is 4.79 Å². The van der Waals surface area contributed by atoms with Gasteiger partial charge in [0.15, 0.2) is 0 Å². The van der Waals surface area contributed by atoms with Crippen LogP contribution < -0.4 is 0 Å². The minimum atomic E-state index is -0.199. The standard InChI is InChI=1S/C10H10N4O/c1-2-14-7-8(6-13-14)9(15)10-11-4-3-5-12-10/h3-7H,2H2,1H3. The van der Waals surface area contributed by atoms with Crippen LogP contribution in [0, 0.1) is 0 Å². The Bertz CT molecular complexity index is 463. The van der Waals surface area contributed by atoms with E-state index in [1.54, 1.807) is 29.3 Å². The van der Waals surface area contributed by atoms with Crippen LogP contribution in [0.25, 0.3) is 0 Å². The molecule has 0 aliphatic heterocycles. The van der Waals surface area contributed by atoms with Gasteiger partial charge in [-0.05, 0) is 13.0 Å². The average molecular weight is 202 g/mol. The number of rotatable bonds is 3. The third-order valence-electron chi connectivity index (χ3n) is 1.99. The van der Waals surface area contributed by atoms with Crippen molar-refractivity contribution in [2.24, 2.45) is 0 Å². The van der Waals surface area contributed by atoms with Gasteiger partial charge in [0.1, 0.15) is 0 Å². The highest BCUT2D eigenvalue weighted by Crippen LogP contribution is 2.03. The van der Waals surface area contributed by atoms with Crippen LogP contribution >= 0.6 is 0 Å². The summed E-state index contributed by atoms with van der Waals surface area (Å²) in [5.74, 6) is 0.00320. The zero-order chi connectivity index (χ0) is 10.7. The van der Waals surface area contributed by atoms with Gasteiger partial charge in [-0.2, -0.15) is 5.10 Å². The molecule has 0 aromatic carbocycles. The third-order valence-corrected chi connectivity index (χ3v) is 1.99. The second-order valence-electron chi connectivity index (χ2n) is 2.99. The number of carbonyl (C=O) groups is 1. The first kappa shape index (κ1) is 9.51. The summed E-state index contributed by atoms with van der Waals surface area (Å²) in [5.41, 5.74) is 0.517. The average Bonchev–Trinajstić information content (AvgIpc) is 2.78. The Morgan fingerprint density at radius 2 is 2.13 bits per heavy atom. The van der Waals surface area contributed by atoms with Gasteiger partial charge in [-0.15, -0.1) is 0 Å². The third kappa shape index (κ3) is 1.90. The number of hydrogen-bond acceptors (Lipinski definition) is 4. The summed E-state index contributed by atoms with van der Waals surface area (Å²) in [6.07, 6.45) is 6.32. The molecule has 0 aliphatic carbocycles. The Morgan fingerprint density at radius 1 is 1.40 bits per heavy atom. The molecule has 2 aromatic rings. The summed E-state index contributed by atoms with van der Waals surface area (Å²) < 4.78 is 1.69. The molecule has 0 atom stereocenters. The molecule has 0 radical (unpaired) electrons. The van der Waals surface area contributed by atoms with Gasteiger partial charge in [0.2, 0.25) is 11.6 Å². The second kappa shape index (κ2) is 4.00. The molecule has 0 bridgehead atoms. The topological polar surface area (TPSA) is 60.7 Å². The highest BCUT2D eigenvalue weighted by molar-refractivity contribution is 6.06. The van der Waals surface area contributed by atoms with Gasteiger partial charge < -0.3 is 0 Å². The quantitative estimate of drug-likeness (QED) is 0.694. The fourth-order valence-corrected chi connectivity index (χ4v) is 1.20. The molecule has 76 valence electrons. The Balaban J connectivity index is 2.29. The van der Waals surface area contributed by atoms with Crippen LogP contribution in [0.4, 0.5) is 0 Å². The smallest absolute Gasteiger partial charge is 0.233 e. The summed E-state index contributed by atoms with van der Waals surface area (Å²) in [6, 6.07) is 1.67. The first-order chi connectivity index (χ1) is 7.31. The molecule has 0 unspecified atom stereocenters. The SMILES string of the molecule is CCn1cc(C(=O)c2ncccn2)cn1. The molecule has 2 rings (SSSR count). The van der Waals surface area contributed by atoms with Gasteiger partial charge in [0, 0.05) is 25.1 Å². The summed E-state index contributed by atoms with van der Waals surface area (Å²) in [4.78, 5) is 19.6. The fraction of sp³-hybridized carbons (Fsp3) is 0.200. The van der Waals surface area contributed by atoms with Crippen molar-refractivity contribution in [2.75, 3.05) is 0 Å². The molecule has 5 nitrogen and oxygen atoms in total. The van der Waals surface area contributed by atoms with Crippen molar-refractivity contribution in [3.63, 3.8) is 0 Å². The number of nitrogens with zero attached hydrogens (tertiary/aromatic N) is 4. The first-order valence-corrected chi connectivity index (χ1v) is 4.65. The molecule has 2 aromatic heterocycles. The zero-order valence-corrected chi connectivity index (χ0v) is 8.29. The largest absolute Gasteiger partial charge is 0.285 e. The molecular formula is C10H10N4O. The number of hydrogen-bond donors (Lipinski definition) is 0. The maximum atomic E-state index is 11.8. The Hall–Kier alpha value is -2.04. The Labute approximate surface area is 86.8 Å². The van der Waals surface area contributed by atoms with Crippen molar-refractivity contribution < 1.29 is 4.79 Å². The number of ketones is 1. The molecule has 0 fully saturated rings. The lowest BCUT2D eigenvalue weighted by Gasteiger charge is -1.94. The van der Waals surface area contributed by atoms with E-state index in [2.05, 4.69) is 15.1 Å². The van der Waals surface area contributed by atoms with Crippen LogP contribution in [0.2, 0.25) is 0 Å². The number of aromatic nitrogens is 4. The van der Waals surface area contributed by atoms with Crippen LogP contribution in [-0.2, 0) is 6.54 Å². The van der Waals surface area contributed by atoms with Crippen LogP contribution in [0.1, 0.15) is 23.1 Å². The van der Waals surface area contributed by atoms with Crippen molar-refractivity contribution in [1.29, 1.82) is 0 Å². The van der Waals surface area contributed by atoms with Crippen molar-refractivity contribution >= 4 is 5.78 Å². The van der Waals surface area contributed by atoms with E-state index < -0.39 is 0 Å². The van der Waals surface area contributed by atoms with Gasteiger partial charge in [-0.25, -0.2) is 9.97 Å². The lowest BCUT2D eigenvalue weighted by atomic mass is 10.2. The number of carbonyl (C=O) groups excluding carboxylic acids is 1. The fourth-order valence-electron chi connectivity index (χ4n) is 1.20. The highest BCUT2D eigenvalue weighted by Gasteiger charge is 2.13. The molecule has 15 heavy (non-hydrogen) atoms. The summed E-state index contributed by atoms with van der Waals surface area (Å²) >= 11 is 0. The summed E-state index contributed by atoms with van der Waals surface area (Å²) in [5, 5.41) is 4.02. The molecular weight excluding hydrogens is 192 g/mol. The normalized spacial score (nSPS) is 10.2. The van der Waals surface area contributed by atoms with E-state index in [-0.39, 0.29) is 11.6 Å². The Kier molecular flexibility index (Phi) is 2.53. The molecule has 0 spiro atoms. The monoisotopic (exact) mass is 202 g/mol. The van der Waals surface area contributed by atoms with Gasteiger partial charge in [0.05, 0.1) is 11.8 Å². The maximum absolute atomic E-state index is 11.8. The predicted molar refractivity (Wildman–Crippen MR) is 53.4 cm³/mol. The van der Waals surface area contributed by atoms with Gasteiger partial charge in [-0.3, -0.25) is 9.48 Å². The molecule has 0 saturated heterocycles. The van der Waals surface area contributed by atoms with E-state index >= 15 is 0 Å². The van der Waals surface area contributed by atoms with Crippen molar-refractivity contribution in [1.82, 2.24) is 19.7 Å². The molecule has 0 aliphatic rings. The van der Waals surface area contributed by atoms with Crippen molar-refractivity contribution in [3.05, 3.63) is 42.2 Å². The van der Waals surface area contributed by atoms with Gasteiger partial charge in [0.25, 0.3) is 0 Å². The lowest BCUT2D eigenvalue weighted by molar-refractivity contribution is 0.102. The maximum Gasteiger partial charge on any atom is 0.233 e. The molecule has 5 heteroatoms. The molecule has 2 heterocycles. The van der Waals surface area contributed by atoms with E-state index in [0.29, 0.717) is 5.56 Å². The van der Waals surface area contributed by atoms with E-state index in [0.717, 1.165) is 6.54 Å². The molecule has 0 amide bonds. The Morgan fingerprint density at radius 3 is 2.73 bits per heavy atom. The summed E-state index contributed by atoms with van der Waals surface area (Å²) in [6.45, 7) is 2.70. The van der Waals surface area contributed by atoms with E-state index in [1.807, 2.05) is 6.92 Å².